The molecular weight excluding hydrogens is 356 g/mol. The SMILES string of the molecule is CC(C)(C)c1ccc(NC(=O)N(CCc2cccs2)C2CCOCC2)cc1. The van der Waals surface area contributed by atoms with Gasteiger partial charge < -0.3 is 15.0 Å². The van der Waals surface area contributed by atoms with Crippen molar-refractivity contribution in [1.82, 2.24) is 4.90 Å². The van der Waals surface area contributed by atoms with Gasteiger partial charge in [0.15, 0.2) is 0 Å². The molecule has 2 aromatic rings. The minimum Gasteiger partial charge on any atom is -0.381 e. The van der Waals surface area contributed by atoms with Gasteiger partial charge in [-0.25, -0.2) is 4.79 Å². The van der Waals surface area contributed by atoms with Crippen molar-refractivity contribution in [3.05, 3.63) is 52.2 Å². The van der Waals surface area contributed by atoms with Crippen molar-refractivity contribution in [2.24, 2.45) is 0 Å². The minimum atomic E-state index is -0.0121. The first-order valence-electron chi connectivity index (χ1n) is 9.72. The molecule has 1 aliphatic heterocycles. The van der Waals surface area contributed by atoms with Crippen LogP contribution < -0.4 is 5.32 Å². The molecule has 0 aliphatic carbocycles. The van der Waals surface area contributed by atoms with Crippen LogP contribution in [0.3, 0.4) is 0 Å². The maximum absolute atomic E-state index is 13.0. The van der Waals surface area contributed by atoms with Crippen molar-refractivity contribution in [3.8, 4) is 0 Å². The number of nitrogens with one attached hydrogen (secondary N) is 1. The maximum atomic E-state index is 13.0. The van der Waals surface area contributed by atoms with Crippen LogP contribution in [0.15, 0.2) is 41.8 Å². The molecule has 0 atom stereocenters. The van der Waals surface area contributed by atoms with Crippen molar-refractivity contribution in [2.45, 2.75) is 51.5 Å². The van der Waals surface area contributed by atoms with Crippen LogP contribution in [0.4, 0.5) is 10.5 Å². The molecule has 1 aromatic heterocycles. The molecule has 3 rings (SSSR count). The van der Waals surface area contributed by atoms with E-state index in [1.165, 1.54) is 10.4 Å². The Bertz CT molecular complexity index is 714. The van der Waals surface area contributed by atoms with E-state index in [-0.39, 0.29) is 17.5 Å². The van der Waals surface area contributed by atoms with E-state index in [2.05, 4.69) is 55.7 Å². The average molecular weight is 387 g/mol. The van der Waals surface area contributed by atoms with E-state index in [1.54, 1.807) is 11.3 Å². The van der Waals surface area contributed by atoms with Crippen LogP contribution in [-0.4, -0.2) is 36.7 Å². The van der Waals surface area contributed by atoms with E-state index in [1.807, 2.05) is 17.0 Å². The third-order valence-electron chi connectivity index (χ3n) is 5.07. The molecule has 146 valence electrons. The van der Waals surface area contributed by atoms with Gasteiger partial charge in [0.2, 0.25) is 0 Å². The fourth-order valence-corrected chi connectivity index (χ4v) is 4.08. The second-order valence-corrected chi connectivity index (χ2v) is 9.16. The number of nitrogens with zero attached hydrogens (tertiary/aromatic N) is 1. The number of thiophene rings is 1. The molecule has 27 heavy (non-hydrogen) atoms. The van der Waals surface area contributed by atoms with E-state index in [0.717, 1.165) is 44.7 Å². The number of anilines is 1. The molecule has 1 aromatic carbocycles. The number of rotatable bonds is 5. The Morgan fingerprint density at radius 1 is 1.19 bits per heavy atom. The number of carbonyl (C=O) groups is 1. The van der Waals surface area contributed by atoms with Gasteiger partial charge in [-0.2, -0.15) is 0 Å². The molecule has 0 unspecified atom stereocenters. The van der Waals surface area contributed by atoms with Gasteiger partial charge in [-0.1, -0.05) is 39.0 Å². The van der Waals surface area contributed by atoms with Crippen LogP contribution in [0.25, 0.3) is 0 Å². The molecule has 4 nitrogen and oxygen atoms in total. The highest BCUT2D eigenvalue weighted by atomic mass is 32.1. The standard InChI is InChI=1S/C22H30N2O2S/c1-22(2,3)17-6-8-18(9-7-17)23-21(25)24(19-11-14-26-15-12-19)13-10-20-5-4-16-27-20/h4-9,16,19H,10-15H2,1-3H3,(H,23,25). The highest BCUT2D eigenvalue weighted by Gasteiger charge is 2.26. The first-order chi connectivity index (χ1) is 12.9. The molecule has 5 heteroatoms. The van der Waals surface area contributed by atoms with Crippen molar-refractivity contribution in [2.75, 3.05) is 25.1 Å². The van der Waals surface area contributed by atoms with E-state index >= 15 is 0 Å². The molecule has 1 N–H and O–H groups in total. The summed E-state index contributed by atoms with van der Waals surface area (Å²) in [5, 5.41) is 5.19. The monoisotopic (exact) mass is 386 g/mol. The highest BCUT2D eigenvalue weighted by Crippen LogP contribution is 2.24. The molecule has 0 radical (unpaired) electrons. The number of hydrogen-bond acceptors (Lipinski definition) is 3. The quantitative estimate of drug-likeness (QED) is 0.757. The van der Waals surface area contributed by atoms with Gasteiger partial charge in [0.05, 0.1) is 0 Å². The average Bonchev–Trinajstić information content (AvgIpc) is 3.16. The van der Waals surface area contributed by atoms with Gasteiger partial charge in [-0.3, -0.25) is 0 Å². The zero-order valence-corrected chi connectivity index (χ0v) is 17.3. The molecule has 0 saturated carbocycles. The summed E-state index contributed by atoms with van der Waals surface area (Å²) in [4.78, 5) is 16.3. The molecule has 1 fully saturated rings. The summed E-state index contributed by atoms with van der Waals surface area (Å²) in [6.07, 6.45) is 2.70. The Hall–Kier alpha value is -1.85. The number of benzene rings is 1. The molecule has 1 saturated heterocycles. The number of amides is 2. The van der Waals surface area contributed by atoms with Crippen LogP contribution in [-0.2, 0) is 16.6 Å². The smallest absolute Gasteiger partial charge is 0.322 e. The zero-order chi connectivity index (χ0) is 19.3. The highest BCUT2D eigenvalue weighted by molar-refractivity contribution is 7.09. The predicted octanol–water partition coefficient (Wildman–Crippen LogP) is 5.30. The van der Waals surface area contributed by atoms with Crippen LogP contribution in [0, 0.1) is 0 Å². The Morgan fingerprint density at radius 2 is 1.89 bits per heavy atom. The fourth-order valence-electron chi connectivity index (χ4n) is 3.38. The predicted molar refractivity (Wildman–Crippen MR) is 113 cm³/mol. The summed E-state index contributed by atoms with van der Waals surface area (Å²) in [6, 6.07) is 12.6. The lowest BCUT2D eigenvalue weighted by Gasteiger charge is -2.34. The van der Waals surface area contributed by atoms with E-state index < -0.39 is 0 Å². The first-order valence-corrected chi connectivity index (χ1v) is 10.6. The van der Waals surface area contributed by atoms with Gasteiger partial charge in [-0.05, 0) is 53.8 Å². The Morgan fingerprint density at radius 3 is 2.48 bits per heavy atom. The van der Waals surface area contributed by atoms with E-state index in [4.69, 9.17) is 4.74 Å². The van der Waals surface area contributed by atoms with Crippen molar-refractivity contribution >= 4 is 23.1 Å². The van der Waals surface area contributed by atoms with Crippen LogP contribution in [0.2, 0.25) is 0 Å². The summed E-state index contributed by atoms with van der Waals surface area (Å²) in [7, 11) is 0. The van der Waals surface area contributed by atoms with Gasteiger partial charge in [0.1, 0.15) is 0 Å². The molecule has 2 amide bonds. The van der Waals surface area contributed by atoms with Gasteiger partial charge in [-0.15, -0.1) is 11.3 Å². The zero-order valence-electron chi connectivity index (χ0n) is 16.5. The van der Waals surface area contributed by atoms with Crippen molar-refractivity contribution < 1.29 is 9.53 Å². The van der Waals surface area contributed by atoms with Gasteiger partial charge in [0, 0.05) is 36.4 Å². The maximum Gasteiger partial charge on any atom is 0.322 e. The van der Waals surface area contributed by atoms with Crippen LogP contribution in [0.1, 0.15) is 44.1 Å². The number of carbonyl (C=O) groups excluding carboxylic acids is 1. The van der Waals surface area contributed by atoms with Gasteiger partial charge >= 0.3 is 6.03 Å². The molecule has 0 bridgehead atoms. The molecule has 1 aliphatic rings. The number of urea groups is 1. The lowest BCUT2D eigenvalue weighted by Crippen LogP contribution is -2.46. The summed E-state index contributed by atoms with van der Waals surface area (Å²) < 4.78 is 5.49. The topological polar surface area (TPSA) is 41.6 Å². The Labute approximate surface area is 166 Å². The molecule has 0 spiro atoms. The first kappa shape index (κ1) is 19.9. The third kappa shape index (κ3) is 5.56. The number of hydrogen-bond donors (Lipinski definition) is 1. The van der Waals surface area contributed by atoms with Crippen LogP contribution >= 0.6 is 11.3 Å². The van der Waals surface area contributed by atoms with Crippen molar-refractivity contribution in [1.29, 1.82) is 0 Å². The van der Waals surface area contributed by atoms with E-state index in [0.29, 0.717) is 0 Å². The Kier molecular flexibility index (Phi) is 6.55. The Balaban J connectivity index is 1.67. The lowest BCUT2D eigenvalue weighted by molar-refractivity contribution is 0.0484. The normalized spacial score (nSPS) is 15.5. The molecule has 2 heterocycles. The fraction of sp³-hybridized carbons (Fsp3) is 0.500. The van der Waals surface area contributed by atoms with Crippen molar-refractivity contribution in [3.63, 3.8) is 0 Å². The van der Waals surface area contributed by atoms with Crippen LogP contribution in [0.5, 0.6) is 0 Å². The third-order valence-corrected chi connectivity index (χ3v) is 6.01. The summed E-state index contributed by atoms with van der Waals surface area (Å²) >= 11 is 1.75. The summed E-state index contributed by atoms with van der Waals surface area (Å²) in [6.45, 7) is 8.77. The summed E-state index contributed by atoms with van der Waals surface area (Å²) in [5.74, 6) is 0. The largest absolute Gasteiger partial charge is 0.381 e. The molecular formula is C22H30N2O2S. The lowest BCUT2D eigenvalue weighted by atomic mass is 9.87. The second kappa shape index (κ2) is 8.89. The second-order valence-electron chi connectivity index (χ2n) is 8.12. The minimum absolute atomic E-state index is 0.0121. The van der Waals surface area contributed by atoms with Gasteiger partial charge in [0.25, 0.3) is 0 Å². The van der Waals surface area contributed by atoms with E-state index in [9.17, 15) is 4.79 Å². The number of ether oxygens (including phenoxy) is 1. The summed E-state index contributed by atoms with van der Waals surface area (Å²) in [5.41, 5.74) is 2.22.